The Hall–Kier alpha value is -3.22. The highest BCUT2D eigenvalue weighted by atomic mass is 16.5. The Kier molecular flexibility index (Phi) is 5.96. The van der Waals surface area contributed by atoms with E-state index < -0.39 is 0 Å². The van der Waals surface area contributed by atoms with Crippen LogP contribution in [0, 0.1) is 13.8 Å². The van der Waals surface area contributed by atoms with Gasteiger partial charge in [0.1, 0.15) is 0 Å². The van der Waals surface area contributed by atoms with Crippen molar-refractivity contribution in [3.8, 4) is 17.2 Å². The van der Waals surface area contributed by atoms with Crippen molar-refractivity contribution in [3.05, 3.63) is 47.0 Å². The molecule has 2 amide bonds. The lowest BCUT2D eigenvalue weighted by atomic mass is 10.1. The highest BCUT2D eigenvalue weighted by Crippen LogP contribution is 2.38. The number of amides is 2. The molecule has 154 valence electrons. The topological polar surface area (TPSA) is 77.1 Å². The molecule has 1 aliphatic heterocycles. The molecule has 0 spiro atoms. The molecule has 1 saturated heterocycles. The molecule has 0 radical (unpaired) electrons. The molecule has 0 unspecified atom stereocenters. The molecule has 7 nitrogen and oxygen atoms in total. The molecule has 0 aromatic heterocycles. The number of methoxy groups -OCH3 is 3. The van der Waals surface area contributed by atoms with Gasteiger partial charge in [0, 0.05) is 24.2 Å². The maximum Gasteiger partial charge on any atom is 0.251 e. The maximum absolute atomic E-state index is 12.8. The Labute approximate surface area is 170 Å². The maximum atomic E-state index is 12.8. The van der Waals surface area contributed by atoms with Crippen molar-refractivity contribution in [1.29, 1.82) is 0 Å². The van der Waals surface area contributed by atoms with Crippen molar-refractivity contribution in [3.63, 3.8) is 0 Å². The van der Waals surface area contributed by atoms with Crippen molar-refractivity contribution in [2.75, 3.05) is 32.8 Å². The Morgan fingerprint density at radius 1 is 1.00 bits per heavy atom. The fourth-order valence-corrected chi connectivity index (χ4v) is 3.43. The van der Waals surface area contributed by atoms with E-state index in [0.29, 0.717) is 29.4 Å². The minimum absolute atomic E-state index is 0.0107. The molecule has 1 aliphatic rings. The fourth-order valence-electron chi connectivity index (χ4n) is 3.43. The third kappa shape index (κ3) is 4.13. The number of ether oxygens (including phenoxy) is 3. The van der Waals surface area contributed by atoms with Gasteiger partial charge in [-0.05, 0) is 49.2 Å². The van der Waals surface area contributed by atoms with E-state index in [0.717, 1.165) is 11.3 Å². The monoisotopic (exact) mass is 398 g/mol. The first-order valence-corrected chi connectivity index (χ1v) is 9.36. The van der Waals surface area contributed by atoms with E-state index in [1.54, 1.807) is 17.0 Å². The lowest BCUT2D eigenvalue weighted by Crippen LogP contribution is -2.37. The van der Waals surface area contributed by atoms with Gasteiger partial charge in [0.05, 0.1) is 27.4 Å². The minimum Gasteiger partial charge on any atom is -0.493 e. The summed E-state index contributed by atoms with van der Waals surface area (Å²) in [5.74, 6) is 0.906. The van der Waals surface area contributed by atoms with Crippen LogP contribution in [0.4, 0.5) is 5.69 Å². The number of carbonyl (C=O) groups is 2. The third-order valence-electron chi connectivity index (χ3n) is 5.19. The molecule has 1 heterocycles. The van der Waals surface area contributed by atoms with Gasteiger partial charge in [0.15, 0.2) is 11.5 Å². The van der Waals surface area contributed by atoms with Crippen LogP contribution in [-0.2, 0) is 4.79 Å². The summed E-state index contributed by atoms with van der Waals surface area (Å²) in [5.41, 5.74) is 3.52. The molecule has 0 bridgehead atoms. The van der Waals surface area contributed by atoms with Gasteiger partial charge in [-0.25, -0.2) is 0 Å². The van der Waals surface area contributed by atoms with Crippen molar-refractivity contribution < 1.29 is 23.8 Å². The van der Waals surface area contributed by atoms with Gasteiger partial charge in [0.25, 0.3) is 5.91 Å². The van der Waals surface area contributed by atoms with E-state index in [-0.39, 0.29) is 24.3 Å². The number of carbonyl (C=O) groups excluding carboxylic acids is 2. The van der Waals surface area contributed by atoms with Crippen LogP contribution in [0.3, 0.4) is 0 Å². The second-order valence-electron chi connectivity index (χ2n) is 7.06. The summed E-state index contributed by atoms with van der Waals surface area (Å²) in [5, 5.41) is 2.94. The molecule has 0 aliphatic carbocycles. The van der Waals surface area contributed by atoms with Gasteiger partial charge < -0.3 is 24.4 Å². The number of benzene rings is 2. The number of anilines is 1. The third-order valence-corrected chi connectivity index (χ3v) is 5.19. The van der Waals surface area contributed by atoms with Gasteiger partial charge >= 0.3 is 0 Å². The summed E-state index contributed by atoms with van der Waals surface area (Å²) in [6.45, 7) is 4.48. The summed E-state index contributed by atoms with van der Waals surface area (Å²) in [4.78, 5) is 27.0. The molecule has 29 heavy (non-hydrogen) atoms. The predicted octanol–water partition coefficient (Wildman–Crippen LogP) is 2.86. The zero-order valence-corrected chi connectivity index (χ0v) is 17.4. The van der Waals surface area contributed by atoms with E-state index in [9.17, 15) is 9.59 Å². The smallest absolute Gasteiger partial charge is 0.251 e. The Bertz CT molecular complexity index is 916. The van der Waals surface area contributed by atoms with Gasteiger partial charge in [0.2, 0.25) is 11.7 Å². The standard InChI is InChI=1S/C22H26N2O5/c1-13-6-7-17(8-14(13)2)24-12-16(11-20(24)25)23-22(26)15-9-18(27-3)21(29-5)19(10-15)28-4/h6-10,16H,11-12H2,1-5H3,(H,23,26)/t16-/m1/s1. The normalized spacial score (nSPS) is 16.0. The van der Waals surface area contributed by atoms with Crippen molar-refractivity contribution in [1.82, 2.24) is 5.32 Å². The molecule has 1 fully saturated rings. The summed E-state index contributed by atoms with van der Waals surface area (Å²) in [6.07, 6.45) is 0.253. The molecule has 1 N–H and O–H groups in total. The van der Waals surface area contributed by atoms with Crippen LogP contribution in [0.2, 0.25) is 0 Å². The van der Waals surface area contributed by atoms with Crippen LogP contribution in [-0.4, -0.2) is 45.7 Å². The van der Waals surface area contributed by atoms with Crippen LogP contribution in [0.25, 0.3) is 0 Å². The highest BCUT2D eigenvalue weighted by molar-refractivity contribution is 5.99. The van der Waals surface area contributed by atoms with E-state index >= 15 is 0 Å². The first kappa shape index (κ1) is 20.5. The van der Waals surface area contributed by atoms with Crippen LogP contribution in [0.1, 0.15) is 27.9 Å². The number of aryl methyl sites for hydroxylation is 2. The zero-order chi connectivity index (χ0) is 21.1. The minimum atomic E-state index is -0.302. The lowest BCUT2D eigenvalue weighted by molar-refractivity contribution is -0.117. The first-order chi connectivity index (χ1) is 13.9. The lowest BCUT2D eigenvalue weighted by Gasteiger charge is -2.19. The second-order valence-corrected chi connectivity index (χ2v) is 7.06. The molecular formula is C22H26N2O5. The van der Waals surface area contributed by atoms with Crippen LogP contribution >= 0.6 is 0 Å². The SMILES string of the molecule is COc1cc(C(=O)N[C@@H]2CC(=O)N(c3ccc(C)c(C)c3)C2)cc(OC)c1OC. The fraction of sp³-hybridized carbons (Fsp3) is 0.364. The number of nitrogens with one attached hydrogen (secondary N) is 1. The Balaban J connectivity index is 1.76. The molecule has 3 rings (SSSR count). The first-order valence-electron chi connectivity index (χ1n) is 9.36. The van der Waals surface area contributed by atoms with Crippen molar-refractivity contribution in [2.45, 2.75) is 26.3 Å². The Morgan fingerprint density at radius 2 is 1.66 bits per heavy atom. The van der Waals surface area contributed by atoms with Crippen LogP contribution < -0.4 is 24.4 Å². The summed E-state index contributed by atoms with van der Waals surface area (Å²) in [7, 11) is 4.50. The zero-order valence-electron chi connectivity index (χ0n) is 17.4. The van der Waals surface area contributed by atoms with Gasteiger partial charge in [-0.2, -0.15) is 0 Å². The van der Waals surface area contributed by atoms with Crippen LogP contribution in [0.5, 0.6) is 17.2 Å². The number of hydrogen-bond acceptors (Lipinski definition) is 5. The van der Waals surface area contributed by atoms with Crippen molar-refractivity contribution >= 4 is 17.5 Å². The van der Waals surface area contributed by atoms with Crippen molar-refractivity contribution in [2.24, 2.45) is 0 Å². The second kappa shape index (κ2) is 8.43. The number of rotatable bonds is 6. The van der Waals surface area contributed by atoms with E-state index in [1.807, 2.05) is 32.0 Å². The van der Waals surface area contributed by atoms with E-state index in [1.165, 1.54) is 26.9 Å². The van der Waals surface area contributed by atoms with Gasteiger partial charge in [-0.15, -0.1) is 0 Å². The molecule has 0 saturated carbocycles. The largest absolute Gasteiger partial charge is 0.493 e. The molecule has 1 atom stereocenters. The van der Waals surface area contributed by atoms with Gasteiger partial charge in [-0.1, -0.05) is 6.07 Å². The average molecular weight is 398 g/mol. The number of nitrogens with zero attached hydrogens (tertiary/aromatic N) is 1. The highest BCUT2D eigenvalue weighted by Gasteiger charge is 2.32. The average Bonchev–Trinajstić information content (AvgIpc) is 3.08. The molecule has 7 heteroatoms. The number of hydrogen-bond donors (Lipinski definition) is 1. The molecular weight excluding hydrogens is 372 g/mol. The molecule has 2 aromatic rings. The van der Waals surface area contributed by atoms with E-state index in [2.05, 4.69) is 5.32 Å². The molecule has 2 aromatic carbocycles. The van der Waals surface area contributed by atoms with Crippen LogP contribution in [0.15, 0.2) is 30.3 Å². The van der Waals surface area contributed by atoms with Gasteiger partial charge in [-0.3, -0.25) is 9.59 Å². The predicted molar refractivity (Wildman–Crippen MR) is 110 cm³/mol. The Morgan fingerprint density at radius 3 is 2.21 bits per heavy atom. The summed E-state index contributed by atoms with van der Waals surface area (Å²) in [6, 6.07) is 8.83. The van der Waals surface area contributed by atoms with E-state index in [4.69, 9.17) is 14.2 Å². The quantitative estimate of drug-likeness (QED) is 0.810. The summed E-state index contributed by atoms with van der Waals surface area (Å²) >= 11 is 0. The summed E-state index contributed by atoms with van der Waals surface area (Å²) < 4.78 is 15.9.